The van der Waals surface area contributed by atoms with Crippen LogP contribution in [-0.2, 0) is 48.2 Å². The minimum Gasteiger partial charge on any atom is -0.480 e. The van der Waals surface area contributed by atoms with Crippen molar-refractivity contribution < 1.29 is 91.1 Å². The maximum Gasteiger partial charge on any atom is 0.375 e. The van der Waals surface area contributed by atoms with E-state index in [-0.39, 0.29) is 42.0 Å². The molecule has 0 spiro atoms. The number of carboxylic acids is 2. The van der Waals surface area contributed by atoms with Gasteiger partial charge in [0.2, 0.25) is 24.4 Å². The molecule has 3 amide bonds. The summed E-state index contributed by atoms with van der Waals surface area (Å²) in [5.41, 5.74) is 18.1. The molecule has 69 heavy (non-hydrogen) atoms. The molecule has 1 saturated heterocycles. The molecule has 1 fully saturated rings. The smallest absolute Gasteiger partial charge is 0.375 e. The van der Waals surface area contributed by atoms with Gasteiger partial charge in [0.25, 0.3) is 16.0 Å². The molecule has 0 aromatic heterocycles. The third-order valence-electron chi connectivity index (χ3n) is 9.96. The van der Waals surface area contributed by atoms with E-state index in [0.29, 0.717) is 40.7 Å². The van der Waals surface area contributed by atoms with Crippen molar-refractivity contribution in [2.45, 2.75) is 80.4 Å². The molecule has 18 N–H and O–H groups in total. The number of aliphatic hydroxyl groups excluding tert-OH is 4. The van der Waals surface area contributed by atoms with Crippen molar-refractivity contribution in [1.29, 1.82) is 5.41 Å². The van der Waals surface area contributed by atoms with E-state index in [9.17, 15) is 81.8 Å². The second-order valence-corrected chi connectivity index (χ2v) is 20.9. The van der Waals surface area contributed by atoms with Crippen molar-refractivity contribution in [2.75, 3.05) is 56.0 Å². The molecule has 0 aromatic carbocycles. The molecule has 0 radical (unpaired) electrons. The maximum atomic E-state index is 14.5. The van der Waals surface area contributed by atoms with Crippen LogP contribution in [0.15, 0.2) is 27.8 Å². The average molecular weight is 1080 g/mol. The topological polar surface area (TPSA) is 485 Å². The molecule has 6 unspecified atom stereocenters. The molecule has 2 aliphatic heterocycles. The van der Waals surface area contributed by atoms with Gasteiger partial charge < -0.3 is 68.1 Å². The molecular weight excluding hydrogens is 1020 g/mol. The number of nitrogens with two attached hydrogens (primary N) is 3. The fraction of sp³-hybridized carbons (Fsp3) is 0.629. The Labute approximate surface area is 409 Å². The van der Waals surface area contributed by atoms with Crippen LogP contribution in [0.25, 0.3) is 0 Å². The van der Waals surface area contributed by atoms with Gasteiger partial charge in [-0.05, 0) is 37.3 Å². The Hall–Kier alpha value is -4.22. The number of aliphatic carboxylic acids is 2. The lowest BCUT2D eigenvalue weighted by molar-refractivity contribution is -0.488. The Bertz CT molecular complexity index is 2180. The van der Waals surface area contributed by atoms with Gasteiger partial charge in [0.05, 0.1) is 24.8 Å². The van der Waals surface area contributed by atoms with Gasteiger partial charge in [-0.2, -0.15) is 34.7 Å². The SMILES string of the molecule is CC1=C(CCO)CC=[N+]1CN(CC(=O)O)C(=N)N(C(=O)C(CCSN=C(N)N)NC(=O)C(CS)NC(=O)C(N)CCC(=O)/C=C/CSC1(CO)OC(C(=O)O)[C@H](O)[C@H]1O)P(=O)(O)NCCS(=O)(=O)O. The molecule has 0 saturated carbocycles. The standard InChI is InChI=1S/C35H58N11O18PS4/c1-19-20(7-11-47)6-10-44(19)18-45(15-25(50)51)34(39)46(65(59,60)40-9-14-69(61,62)63)31(56)23(8-13-68-43-33(37)38)41-30(55)24(16-66)42-29(54)22(36)5-4-21(49)3-2-12-67-35(17-48)28(53)26(52)27(64-35)32(57)58/h2-3,10,22-24,26-28,39,47-48,52-53H,4-9,11-18,36H2,1H3,(H11-,37,38,40,41,42,43,50,51,54,55,57,58,59,60,61,62,63,66)/p+1/b3-2+,39-34?/t22?,23?,24?,26-,27?,28+,35?/m0/s1. The van der Waals surface area contributed by atoms with E-state index in [1.54, 1.807) is 13.1 Å². The molecule has 8 atom stereocenters. The molecule has 0 bridgehead atoms. The largest absolute Gasteiger partial charge is 0.480 e. The van der Waals surface area contributed by atoms with Gasteiger partial charge in [0.15, 0.2) is 34.7 Å². The number of hydrogen-bond acceptors (Lipinski definition) is 20. The Morgan fingerprint density at radius 3 is 2.33 bits per heavy atom. The number of nitrogens with one attached hydrogen (secondary N) is 4. The van der Waals surface area contributed by atoms with Crippen LogP contribution in [0.1, 0.15) is 39.0 Å². The van der Waals surface area contributed by atoms with Gasteiger partial charge in [-0.3, -0.25) is 38.8 Å². The molecule has 2 rings (SSSR count). The number of aliphatic hydroxyl groups is 4. The summed E-state index contributed by atoms with van der Waals surface area (Å²) in [5.74, 6) is -10.9. The Morgan fingerprint density at radius 2 is 1.78 bits per heavy atom. The molecular formula is C35H59N11O18PS4+. The van der Waals surface area contributed by atoms with Crippen LogP contribution >= 0.6 is 44.0 Å². The zero-order chi connectivity index (χ0) is 52.4. The van der Waals surface area contributed by atoms with E-state index in [1.165, 1.54) is 10.7 Å². The van der Waals surface area contributed by atoms with Crippen LogP contribution in [0.2, 0.25) is 0 Å². The van der Waals surface area contributed by atoms with Crippen molar-refractivity contribution in [3.63, 3.8) is 0 Å². The van der Waals surface area contributed by atoms with Crippen LogP contribution in [0.3, 0.4) is 0 Å². The number of carboxylic acid groups (broad SMARTS) is 2. The fourth-order valence-corrected chi connectivity index (χ4v) is 10.0. The number of carbonyl (C=O) groups is 6. The minimum absolute atomic E-state index is 0.0795. The minimum atomic E-state index is -5.53. The molecule has 2 aliphatic rings. The van der Waals surface area contributed by atoms with Crippen LogP contribution in [-0.4, -0.2) is 214 Å². The van der Waals surface area contributed by atoms with Gasteiger partial charge in [-0.25, -0.2) is 14.4 Å². The summed E-state index contributed by atoms with van der Waals surface area (Å²) in [6, 6.07) is -4.93. The number of amides is 3. The second-order valence-electron chi connectivity index (χ2n) is 15.0. The number of thiol groups is 1. The molecule has 34 heteroatoms. The van der Waals surface area contributed by atoms with E-state index in [2.05, 4.69) is 27.7 Å². The monoisotopic (exact) mass is 1080 g/mol. The number of allylic oxidation sites excluding steroid dienone is 2. The van der Waals surface area contributed by atoms with Gasteiger partial charge in [0.1, 0.15) is 30.8 Å². The first kappa shape index (κ1) is 60.9. The fourth-order valence-electron chi connectivity index (χ4n) is 6.31. The molecule has 2 heterocycles. The zero-order valence-electron chi connectivity index (χ0n) is 36.9. The van der Waals surface area contributed by atoms with Crippen molar-refractivity contribution >= 4 is 108 Å². The quantitative estimate of drug-likeness (QED) is 0.00368. The van der Waals surface area contributed by atoms with Crippen LogP contribution in [0.4, 0.5) is 0 Å². The molecule has 29 nitrogen and oxygen atoms in total. The second kappa shape index (κ2) is 28.0. The summed E-state index contributed by atoms with van der Waals surface area (Å²) < 4.78 is 56.5. The van der Waals surface area contributed by atoms with Crippen LogP contribution < -0.4 is 32.9 Å². The number of thioether (sulfide) groups is 1. The van der Waals surface area contributed by atoms with E-state index >= 15 is 0 Å². The number of ketones is 1. The average Bonchev–Trinajstić information content (AvgIpc) is 3.73. The van der Waals surface area contributed by atoms with Gasteiger partial charge in [-0.15, -0.1) is 11.8 Å². The van der Waals surface area contributed by atoms with Crippen molar-refractivity contribution in [2.24, 2.45) is 21.6 Å². The summed E-state index contributed by atoms with van der Waals surface area (Å²) in [6.45, 7) is -2.02. The molecule has 0 aliphatic carbocycles. The lowest BCUT2D eigenvalue weighted by Crippen LogP contribution is -2.59. The summed E-state index contributed by atoms with van der Waals surface area (Å²) >= 11 is 5.50. The van der Waals surface area contributed by atoms with Crippen molar-refractivity contribution in [1.82, 2.24) is 25.3 Å². The highest BCUT2D eigenvalue weighted by molar-refractivity contribution is 8.00. The van der Waals surface area contributed by atoms with Crippen LogP contribution in [0, 0.1) is 5.41 Å². The van der Waals surface area contributed by atoms with Crippen molar-refractivity contribution in [3.05, 3.63) is 23.4 Å². The summed E-state index contributed by atoms with van der Waals surface area (Å²) in [6.07, 6.45) is -2.00. The Morgan fingerprint density at radius 1 is 1.13 bits per heavy atom. The number of rotatable bonds is 30. The number of ether oxygens (including phenoxy) is 1. The normalized spacial score (nSPS) is 21.4. The Kier molecular flexibility index (Phi) is 24.7. The number of hydrogen-bond donors (Lipinski definition) is 16. The van der Waals surface area contributed by atoms with Crippen molar-refractivity contribution in [3.8, 4) is 0 Å². The lowest BCUT2D eigenvalue weighted by Gasteiger charge is -2.35. The van der Waals surface area contributed by atoms with E-state index in [1.807, 2.05) is 5.09 Å². The van der Waals surface area contributed by atoms with Gasteiger partial charge >= 0.3 is 19.6 Å². The third kappa shape index (κ3) is 18.8. The first-order valence-electron chi connectivity index (χ1n) is 20.4. The van der Waals surface area contributed by atoms with E-state index in [0.717, 1.165) is 11.6 Å². The highest BCUT2D eigenvalue weighted by Crippen LogP contribution is 2.42. The Balaban J connectivity index is 2.34. The van der Waals surface area contributed by atoms with E-state index in [4.69, 9.17) is 27.3 Å². The summed E-state index contributed by atoms with van der Waals surface area (Å²) in [4.78, 5) is 87.5. The third-order valence-corrected chi connectivity index (χ3v) is 14.7. The van der Waals surface area contributed by atoms with E-state index < -0.39 is 151 Å². The maximum absolute atomic E-state index is 14.5. The predicted molar refractivity (Wildman–Crippen MR) is 252 cm³/mol. The number of carbonyl (C=O) groups excluding carboxylic acids is 4. The summed E-state index contributed by atoms with van der Waals surface area (Å²) in [7, 11) is -10.3. The highest BCUT2D eigenvalue weighted by Gasteiger charge is 2.56. The zero-order valence-corrected chi connectivity index (χ0v) is 41.1. The van der Waals surface area contributed by atoms with Gasteiger partial charge in [0, 0.05) is 49.3 Å². The summed E-state index contributed by atoms with van der Waals surface area (Å²) in [5, 5.41) is 74.1. The molecule has 390 valence electrons. The first-order valence-corrected chi connectivity index (χ1v) is 26.1. The highest BCUT2D eigenvalue weighted by atomic mass is 32.2. The molecule has 0 aromatic rings. The van der Waals surface area contributed by atoms with Crippen LogP contribution in [0.5, 0.6) is 0 Å². The predicted octanol–water partition coefficient (Wildman–Crippen LogP) is -5.11. The van der Waals surface area contributed by atoms with Gasteiger partial charge in [-0.1, -0.05) is 6.08 Å². The first-order chi connectivity index (χ1) is 32.1. The lowest BCUT2D eigenvalue weighted by atomic mass is 10.1. The number of guanidine groups is 2. The number of nitrogens with zero attached hydrogens (tertiary/aromatic N) is 4.